The van der Waals surface area contributed by atoms with E-state index in [4.69, 9.17) is 21.5 Å². The zero-order chi connectivity index (χ0) is 17.7. The number of methoxy groups -OCH3 is 1. The molecular formula is C16H17ClN2O4S. The molecule has 3 N–H and O–H groups in total. The number of rotatable bonds is 6. The number of halogens is 1. The minimum atomic E-state index is -3.90. The van der Waals surface area contributed by atoms with E-state index in [2.05, 4.69) is 5.32 Å². The van der Waals surface area contributed by atoms with Gasteiger partial charge in [-0.15, -0.1) is 0 Å². The summed E-state index contributed by atoms with van der Waals surface area (Å²) in [6, 6.07) is 11.2. The molecule has 2 aromatic carbocycles. The van der Waals surface area contributed by atoms with Gasteiger partial charge in [-0.25, -0.2) is 13.6 Å². The SMILES string of the molecule is COc1ccc(S(N)(=O)=O)cc1C(=O)NCCc1ccc(Cl)cc1. The number of nitrogens with two attached hydrogens (primary N) is 1. The molecule has 0 spiro atoms. The van der Waals surface area contributed by atoms with Crippen LogP contribution in [0.5, 0.6) is 5.75 Å². The van der Waals surface area contributed by atoms with Crippen LogP contribution >= 0.6 is 11.6 Å². The number of carbonyl (C=O) groups excluding carboxylic acids is 1. The number of primary sulfonamides is 1. The van der Waals surface area contributed by atoms with Crippen molar-refractivity contribution in [1.82, 2.24) is 5.32 Å². The zero-order valence-corrected chi connectivity index (χ0v) is 14.5. The molecule has 0 aliphatic rings. The molecule has 2 aromatic rings. The summed E-state index contributed by atoms with van der Waals surface area (Å²) in [6.45, 7) is 0.378. The van der Waals surface area contributed by atoms with E-state index >= 15 is 0 Å². The predicted octanol–water partition coefficient (Wildman–Crippen LogP) is 1.97. The van der Waals surface area contributed by atoms with Crippen LogP contribution in [0.4, 0.5) is 0 Å². The lowest BCUT2D eigenvalue weighted by molar-refractivity contribution is 0.0951. The molecule has 6 nitrogen and oxygen atoms in total. The van der Waals surface area contributed by atoms with Gasteiger partial charge >= 0.3 is 0 Å². The van der Waals surface area contributed by atoms with Gasteiger partial charge in [0.25, 0.3) is 5.91 Å². The molecular weight excluding hydrogens is 352 g/mol. The molecule has 0 saturated carbocycles. The third kappa shape index (κ3) is 4.70. The number of carbonyl (C=O) groups is 1. The van der Waals surface area contributed by atoms with E-state index in [1.54, 1.807) is 12.1 Å². The molecule has 0 heterocycles. The van der Waals surface area contributed by atoms with Gasteiger partial charge in [0.05, 0.1) is 17.6 Å². The van der Waals surface area contributed by atoms with E-state index < -0.39 is 15.9 Å². The van der Waals surface area contributed by atoms with Crippen LogP contribution in [-0.2, 0) is 16.4 Å². The second kappa shape index (κ2) is 7.65. The van der Waals surface area contributed by atoms with Gasteiger partial charge in [-0.05, 0) is 42.3 Å². The highest BCUT2D eigenvalue weighted by Crippen LogP contribution is 2.21. The van der Waals surface area contributed by atoms with Gasteiger partial charge in [-0.2, -0.15) is 0 Å². The highest BCUT2D eigenvalue weighted by atomic mass is 35.5. The Bertz CT molecular complexity index is 836. The van der Waals surface area contributed by atoms with Crippen LogP contribution in [-0.4, -0.2) is 28.0 Å². The monoisotopic (exact) mass is 368 g/mol. The lowest BCUT2D eigenvalue weighted by atomic mass is 10.1. The molecule has 128 valence electrons. The first-order valence-corrected chi connectivity index (χ1v) is 8.97. The molecule has 0 unspecified atom stereocenters. The average Bonchev–Trinajstić information content (AvgIpc) is 2.55. The van der Waals surface area contributed by atoms with Crippen molar-refractivity contribution >= 4 is 27.5 Å². The van der Waals surface area contributed by atoms with E-state index in [0.29, 0.717) is 18.0 Å². The van der Waals surface area contributed by atoms with Gasteiger partial charge in [-0.3, -0.25) is 4.79 Å². The summed E-state index contributed by atoms with van der Waals surface area (Å²) < 4.78 is 28.0. The number of nitrogens with one attached hydrogen (secondary N) is 1. The minimum Gasteiger partial charge on any atom is -0.496 e. The minimum absolute atomic E-state index is 0.111. The number of hydrogen-bond acceptors (Lipinski definition) is 4. The third-order valence-electron chi connectivity index (χ3n) is 3.36. The predicted molar refractivity (Wildman–Crippen MR) is 91.9 cm³/mol. The summed E-state index contributed by atoms with van der Waals surface area (Å²) in [5, 5.41) is 8.47. The Kier molecular flexibility index (Phi) is 5.82. The second-order valence-electron chi connectivity index (χ2n) is 5.04. The van der Waals surface area contributed by atoms with Crippen molar-refractivity contribution in [3.8, 4) is 5.75 Å². The van der Waals surface area contributed by atoms with Crippen LogP contribution in [0, 0.1) is 0 Å². The fourth-order valence-electron chi connectivity index (χ4n) is 2.11. The Morgan fingerprint density at radius 2 is 1.88 bits per heavy atom. The average molecular weight is 369 g/mol. The van der Waals surface area contributed by atoms with Crippen LogP contribution in [0.3, 0.4) is 0 Å². The van der Waals surface area contributed by atoms with Crippen molar-refractivity contribution < 1.29 is 17.9 Å². The zero-order valence-electron chi connectivity index (χ0n) is 13.0. The van der Waals surface area contributed by atoms with E-state index in [1.807, 2.05) is 12.1 Å². The maximum absolute atomic E-state index is 12.3. The molecule has 0 aliphatic carbocycles. The summed E-state index contributed by atoms with van der Waals surface area (Å²) in [5.41, 5.74) is 1.13. The topological polar surface area (TPSA) is 98.5 Å². The maximum atomic E-state index is 12.3. The van der Waals surface area contributed by atoms with Gasteiger partial charge in [0, 0.05) is 11.6 Å². The smallest absolute Gasteiger partial charge is 0.255 e. The maximum Gasteiger partial charge on any atom is 0.255 e. The largest absolute Gasteiger partial charge is 0.496 e. The van der Waals surface area contributed by atoms with Gasteiger partial charge in [0.1, 0.15) is 5.75 Å². The van der Waals surface area contributed by atoms with Crippen LogP contribution in [0.1, 0.15) is 15.9 Å². The summed E-state index contributed by atoms with van der Waals surface area (Å²) in [4.78, 5) is 12.2. The lowest BCUT2D eigenvalue weighted by Crippen LogP contribution is -2.26. The Morgan fingerprint density at radius 3 is 2.46 bits per heavy atom. The van der Waals surface area contributed by atoms with Crippen LogP contribution < -0.4 is 15.2 Å². The Hall–Kier alpha value is -2.09. The number of amides is 1. The van der Waals surface area contributed by atoms with Crippen LogP contribution in [0.25, 0.3) is 0 Å². The highest BCUT2D eigenvalue weighted by molar-refractivity contribution is 7.89. The molecule has 2 rings (SSSR count). The Balaban J connectivity index is 2.09. The van der Waals surface area contributed by atoms with Crippen molar-refractivity contribution in [2.45, 2.75) is 11.3 Å². The van der Waals surface area contributed by atoms with E-state index in [9.17, 15) is 13.2 Å². The molecule has 0 saturated heterocycles. The lowest BCUT2D eigenvalue weighted by Gasteiger charge is -2.11. The number of sulfonamides is 1. The van der Waals surface area contributed by atoms with E-state index in [0.717, 1.165) is 5.56 Å². The van der Waals surface area contributed by atoms with E-state index in [-0.39, 0.29) is 16.2 Å². The van der Waals surface area contributed by atoms with Crippen molar-refractivity contribution in [3.63, 3.8) is 0 Å². The number of ether oxygens (including phenoxy) is 1. The van der Waals surface area contributed by atoms with Gasteiger partial charge < -0.3 is 10.1 Å². The fourth-order valence-corrected chi connectivity index (χ4v) is 2.77. The Morgan fingerprint density at radius 1 is 1.21 bits per heavy atom. The number of hydrogen-bond donors (Lipinski definition) is 2. The summed E-state index contributed by atoms with van der Waals surface area (Å²) in [7, 11) is -2.50. The molecule has 0 radical (unpaired) electrons. The highest BCUT2D eigenvalue weighted by Gasteiger charge is 2.17. The molecule has 0 atom stereocenters. The van der Waals surface area contributed by atoms with Gasteiger partial charge in [0.2, 0.25) is 10.0 Å². The quantitative estimate of drug-likeness (QED) is 0.814. The normalized spacial score (nSPS) is 11.1. The molecule has 8 heteroatoms. The molecule has 0 fully saturated rings. The van der Waals surface area contributed by atoms with Crippen molar-refractivity contribution in [2.24, 2.45) is 5.14 Å². The summed E-state index contributed by atoms with van der Waals surface area (Å²) in [6.07, 6.45) is 0.611. The van der Waals surface area contributed by atoms with Crippen molar-refractivity contribution in [1.29, 1.82) is 0 Å². The van der Waals surface area contributed by atoms with Crippen molar-refractivity contribution in [2.75, 3.05) is 13.7 Å². The van der Waals surface area contributed by atoms with Crippen molar-refractivity contribution in [3.05, 3.63) is 58.6 Å². The second-order valence-corrected chi connectivity index (χ2v) is 7.04. The fraction of sp³-hybridized carbons (Fsp3) is 0.188. The standard InChI is InChI=1S/C16H17ClN2O4S/c1-23-15-7-6-13(24(18,21)22)10-14(15)16(20)19-9-8-11-2-4-12(17)5-3-11/h2-7,10H,8-9H2,1H3,(H,19,20)(H2,18,21,22). The molecule has 0 aliphatic heterocycles. The first-order valence-electron chi connectivity index (χ1n) is 7.05. The molecule has 1 amide bonds. The number of benzene rings is 2. The molecule has 0 bridgehead atoms. The van der Waals surface area contributed by atoms with Gasteiger partial charge in [-0.1, -0.05) is 23.7 Å². The summed E-state index contributed by atoms with van der Waals surface area (Å²) >= 11 is 5.82. The summed E-state index contributed by atoms with van der Waals surface area (Å²) in [5.74, 6) is -0.169. The van der Waals surface area contributed by atoms with E-state index in [1.165, 1.54) is 25.3 Å². The van der Waals surface area contributed by atoms with Crippen LogP contribution in [0.2, 0.25) is 5.02 Å². The third-order valence-corrected chi connectivity index (χ3v) is 4.52. The molecule has 24 heavy (non-hydrogen) atoms. The van der Waals surface area contributed by atoms with Gasteiger partial charge in [0.15, 0.2) is 0 Å². The first kappa shape index (κ1) is 18.3. The molecule has 0 aromatic heterocycles. The first-order chi connectivity index (χ1) is 11.3. The van der Waals surface area contributed by atoms with Crippen LogP contribution in [0.15, 0.2) is 47.4 Å². The Labute approximate surface area is 145 Å².